The highest BCUT2D eigenvalue weighted by Gasteiger charge is 2.25. The lowest BCUT2D eigenvalue weighted by molar-refractivity contribution is -0.120. The molecule has 5 nitrogen and oxygen atoms in total. The Labute approximate surface area is 188 Å². The van der Waals surface area contributed by atoms with E-state index in [4.69, 9.17) is 0 Å². The minimum Gasteiger partial charge on any atom is -0.390 e. The van der Waals surface area contributed by atoms with E-state index in [1.807, 2.05) is 14.1 Å². The fourth-order valence-corrected chi connectivity index (χ4v) is 4.46. The van der Waals surface area contributed by atoms with E-state index in [0.29, 0.717) is 5.56 Å². The van der Waals surface area contributed by atoms with Gasteiger partial charge in [0.15, 0.2) is 0 Å². The summed E-state index contributed by atoms with van der Waals surface area (Å²) in [6.07, 6.45) is 2.28. The second-order valence-corrected chi connectivity index (χ2v) is 8.98. The molecule has 0 aromatic heterocycles. The number of aliphatic hydroxyl groups is 1. The molecule has 2 aromatic carbocycles. The minimum atomic E-state index is -0.916. The molecule has 2 aromatic rings. The van der Waals surface area contributed by atoms with Gasteiger partial charge in [0.05, 0.1) is 12.1 Å². The molecule has 0 aliphatic heterocycles. The highest BCUT2D eigenvalue weighted by Crippen LogP contribution is 2.31. The number of aliphatic hydroxyl groups excluding tert-OH is 1. The van der Waals surface area contributed by atoms with Gasteiger partial charge in [-0.15, -0.1) is 0 Å². The summed E-state index contributed by atoms with van der Waals surface area (Å²) in [5.41, 5.74) is 4.20. The largest absolute Gasteiger partial charge is 0.390 e. The third-order valence-corrected chi connectivity index (χ3v) is 5.83. The zero-order chi connectivity index (χ0) is 23.3. The van der Waals surface area contributed by atoms with E-state index in [-0.39, 0.29) is 24.9 Å². The third kappa shape index (κ3) is 6.82. The SMILES string of the molecule is CC(=O)N[C@@H](Cc1cc(F)cc(F)c1)[C@H](O)CN[C@H]1CCCc2ccc(CN(C)C)cc21. The maximum absolute atomic E-state index is 13.6. The predicted octanol–water partition coefficient (Wildman–Crippen LogP) is 3.10. The molecule has 0 fully saturated rings. The van der Waals surface area contributed by atoms with E-state index in [0.717, 1.165) is 31.9 Å². The van der Waals surface area contributed by atoms with Crippen molar-refractivity contribution in [2.24, 2.45) is 0 Å². The summed E-state index contributed by atoms with van der Waals surface area (Å²) in [6.45, 7) is 2.48. The summed E-state index contributed by atoms with van der Waals surface area (Å²) in [4.78, 5) is 13.8. The van der Waals surface area contributed by atoms with Crippen LogP contribution in [0.2, 0.25) is 0 Å². The molecule has 1 amide bonds. The van der Waals surface area contributed by atoms with Crippen LogP contribution in [-0.2, 0) is 24.2 Å². The highest BCUT2D eigenvalue weighted by atomic mass is 19.1. The Morgan fingerprint density at radius 2 is 1.88 bits per heavy atom. The lowest BCUT2D eigenvalue weighted by Crippen LogP contribution is -2.48. The Morgan fingerprint density at radius 3 is 2.53 bits per heavy atom. The minimum absolute atomic E-state index is 0.111. The summed E-state index contributed by atoms with van der Waals surface area (Å²) in [7, 11) is 4.08. The summed E-state index contributed by atoms with van der Waals surface area (Å²) < 4.78 is 27.2. The maximum atomic E-state index is 13.6. The number of carbonyl (C=O) groups is 1. The molecule has 1 aliphatic carbocycles. The molecule has 0 radical (unpaired) electrons. The van der Waals surface area contributed by atoms with Gasteiger partial charge < -0.3 is 20.6 Å². The Balaban J connectivity index is 1.69. The zero-order valence-corrected chi connectivity index (χ0v) is 19.0. The van der Waals surface area contributed by atoms with E-state index >= 15 is 0 Å². The highest BCUT2D eigenvalue weighted by molar-refractivity contribution is 5.73. The first-order valence-corrected chi connectivity index (χ1v) is 11.1. The van der Waals surface area contributed by atoms with Crippen LogP contribution in [0.4, 0.5) is 8.78 Å². The molecule has 0 bridgehead atoms. The van der Waals surface area contributed by atoms with E-state index in [1.54, 1.807) is 0 Å². The zero-order valence-electron chi connectivity index (χ0n) is 19.0. The van der Waals surface area contributed by atoms with Crippen LogP contribution >= 0.6 is 0 Å². The Hall–Kier alpha value is -2.35. The van der Waals surface area contributed by atoms with Gasteiger partial charge in [-0.05, 0) is 74.2 Å². The molecule has 0 saturated heterocycles. The Morgan fingerprint density at radius 1 is 1.16 bits per heavy atom. The quantitative estimate of drug-likeness (QED) is 0.555. The predicted molar refractivity (Wildman–Crippen MR) is 121 cm³/mol. The van der Waals surface area contributed by atoms with Crippen molar-refractivity contribution in [1.29, 1.82) is 0 Å². The molecule has 0 heterocycles. The van der Waals surface area contributed by atoms with Gasteiger partial charge in [0.2, 0.25) is 5.91 Å². The fourth-order valence-electron chi connectivity index (χ4n) is 4.46. The first-order chi connectivity index (χ1) is 15.2. The number of hydrogen-bond donors (Lipinski definition) is 3. The van der Waals surface area contributed by atoms with E-state index < -0.39 is 23.8 Å². The van der Waals surface area contributed by atoms with Crippen LogP contribution in [0.15, 0.2) is 36.4 Å². The maximum Gasteiger partial charge on any atom is 0.217 e. The van der Waals surface area contributed by atoms with Gasteiger partial charge in [0.1, 0.15) is 11.6 Å². The molecule has 3 rings (SSSR count). The van der Waals surface area contributed by atoms with E-state index in [9.17, 15) is 18.7 Å². The van der Waals surface area contributed by atoms with Crippen LogP contribution in [0.25, 0.3) is 0 Å². The molecule has 0 unspecified atom stereocenters. The van der Waals surface area contributed by atoms with Gasteiger partial charge in [-0.2, -0.15) is 0 Å². The van der Waals surface area contributed by atoms with Crippen LogP contribution < -0.4 is 10.6 Å². The van der Waals surface area contributed by atoms with E-state index in [2.05, 4.69) is 33.7 Å². The van der Waals surface area contributed by atoms with Gasteiger partial charge in [-0.3, -0.25) is 4.79 Å². The van der Waals surface area contributed by atoms with Crippen molar-refractivity contribution in [3.05, 3.63) is 70.3 Å². The fraction of sp³-hybridized carbons (Fsp3) is 0.480. The van der Waals surface area contributed by atoms with Crippen molar-refractivity contribution >= 4 is 5.91 Å². The second-order valence-electron chi connectivity index (χ2n) is 8.98. The van der Waals surface area contributed by atoms with Crippen molar-refractivity contribution in [3.8, 4) is 0 Å². The Kier molecular flexibility index (Phi) is 8.34. The number of hydrogen-bond acceptors (Lipinski definition) is 4. The van der Waals surface area contributed by atoms with Gasteiger partial charge >= 0.3 is 0 Å². The number of aryl methyl sites for hydroxylation is 1. The standard InChI is InChI=1S/C25H33F2N3O2/c1-16(31)29-24(12-18-9-20(26)13-21(27)10-18)25(32)14-28-23-6-4-5-19-8-7-17(11-22(19)23)15-30(2)3/h7-11,13,23-25,28,32H,4-6,12,14-15H2,1-3H3,(H,29,31)/t23-,24-,25+/m0/s1. The van der Waals surface area contributed by atoms with Gasteiger partial charge in [-0.1, -0.05) is 18.2 Å². The average Bonchev–Trinajstić information content (AvgIpc) is 2.70. The van der Waals surface area contributed by atoms with Crippen molar-refractivity contribution in [3.63, 3.8) is 0 Å². The van der Waals surface area contributed by atoms with Crippen molar-refractivity contribution in [1.82, 2.24) is 15.5 Å². The molecule has 1 aliphatic rings. The second kappa shape index (κ2) is 11.0. The molecular weight excluding hydrogens is 412 g/mol. The summed E-state index contributed by atoms with van der Waals surface area (Å²) in [6, 6.07) is 9.30. The van der Waals surface area contributed by atoms with Crippen LogP contribution in [0, 0.1) is 11.6 Å². The molecule has 0 spiro atoms. The Bertz CT molecular complexity index is 915. The smallest absolute Gasteiger partial charge is 0.217 e. The van der Waals surface area contributed by atoms with Gasteiger partial charge in [-0.25, -0.2) is 8.78 Å². The molecule has 174 valence electrons. The first-order valence-electron chi connectivity index (χ1n) is 11.1. The van der Waals surface area contributed by atoms with E-state index in [1.165, 1.54) is 35.7 Å². The molecule has 3 atom stereocenters. The van der Waals surface area contributed by atoms with Crippen molar-refractivity contribution in [2.45, 2.75) is 57.3 Å². The number of carbonyl (C=O) groups excluding carboxylic acids is 1. The van der Waals surface area contributed by atoms with Crippen LogP contribution in [-0.4, -0.2) is 48.7 Å². The van der Waals surface area contributed by atoms with Crippen LogP contribution in [0.1, 0.15) is 48.1 Å². The molecule has 3 N–H and O–H groups in total. The molecule has 7 heteroatoms. The van der Waals surface area contributed by atoms with Crippen LogP contribution in [0.5, 0.6) is 0 Å². The molecule has 0 saturated carbocycles. The lowest BCUT2D eigenvalue weighted by Gasteiger charge is -2.30. The number of rotatable bonds is 9. The van der Waals surface area contributed by atoms with Gasteiger partial charge in [0, 0.05) is 32.1 Å². The number of fused-ring (bicyclic) bond motifs is 1. The number of benzene rings is 2. The number of amides is 1. The normalized spacial score (nSPS) is 17.7. The molecule has 32 heavy (non-hydrogen) atoms. The van der Waals surface area contributed by atoms with Crippen molar-refractivity contribution < 1.29 is 18.7 Å². The van der Waals surface area contributed by atoms with Crippen molar-refractivity contribution in [2.75, 3.05) is 20.6 Å². The topological polar surface area (TPSA) is 64.6 Å². The third-order valence-electron chi connectivity index (χ3n) is 5.83. The first kappa shape index (κ1) is 24.3. The number of nitrogens with zero attached hydrogens (tertiary/aromatic N) is 1. The monoisotopic (exact) mass is 445 g/mol. The number of nitrogens with one attached hydrogen (secondary N) is 2. The summed E-state index contributed by atoms with van der Waals surface area (Å²) in [5.74, 6) is -1.66. The summed E-state index contributed by atoms with van der Waals surface area (Å²) >= 11 is 0. The van der Waals surface area contributed by atoms with Crippen LogP contribution in [0.3, 0.4) is 0 Å². The number of halogens is 2. The van der Waals surface area contributed by atoms with Gasteiger partial charge in [0.25, 0.3) is 0 Å². The molecular formula is C25H33F2N3O2. The lowest BCUT2D eigenvalue weighted by atomic mass is 9.86. The average molecular weight is 446 g/mol. The summed E-state index contributed by atoms with van der Waals surface area (Å²) in [5, 5.41) is 17.0.